The van der Waals surface area contributed by atoms with Gasteiger partial charge in [0.25, 0.3) is 0 Å². The normalized spacial score (nSPS) is 14.9. The van der Waals surface area contributed by atoms with Crippen LogP contribution in [-0.4, -0.2) is 16.6 Å². The van der Waals surface area contributed by atoms with Gasteiger partial charge in [-0.1, -0.05) is 58.1 Å². The number of fused-ring (bicyclic) bond motifs is 1. The monoisotopic (exact) mass is 427 g/mol. The van der Waals surface area contributed by atoms with Crippen molar-refractivity contribution in [2.45, 2.75) is 20.3 Å². The molecule has 0 saturated carbocycles. The summed E-state index contributed by atoms with van der Waals surface area (Å²) in [6.07, 6.45) is 5.24. The number of carbonyl (C=O) groups is 2. The number of Topliss-reactive ketones (excluding diaryl/α,β-unsaturated/α-hetero) is 1. The Bertz CT molecular complexity index is 1050. The molecular weight excluding hydrogens is 416 g/mol. The van der Waals surface area contributed by atoms with Crippen LogP contribution in [0.25, 0.3) is 16.5 Å². The third-order valence-electron chi connectivity index (χ3n) is 4.08. The fraction of sp³-hybridized carbons (Fsp3) is 0.158. The van der Waals surface area contributed by atoms with Gasteiger partial charge in [0.05, 0.1) is 26.2 Å². The van der Waals surface area contributed by atoms with E-state index in [4.69, 9.17) is 46.4 Å². The van der Waals surface area contributed by atoms with Gasteiger partial charge in [0.15, 0.2) is 5.78 Å². The summed E-state index contributed by atoms with van der Waals surface area (Å²) in [6, 6.07) is 1.62. The Labute approximate surface area is 170 Å². The summed E-state index contributed by atoms with van der Waals surface area (Å²) in [6.45, 7) is 3.98. The number of aromatic amines is 1. The van der Waals surface area contributed by atoms with Crippen LogP contribution in [-0.2, 0) is 16.0 Å². The number of ketones is 2. The van der Waals surface area contributed by atoms with E-state index in [1.165, 1.54) is 0 Å². The van der Waals surface area contributed by atoms with E-state index in [0.29, 0.717) is 32.9 Å². The van der Waals surface area contributed by atoms with Crippen LogP contribution in [0.3, 0.4) is 0 Å². The smallest absolute Gasteiger partial charge is 0.206 e. The molecule has 3 nitrogen and oxygen atoms in total. The first-order chi connectivity index (χ1) is 12.2. The summed E-state index contributed by atoms with van der Waals surface area (Å²) >= 11 is 24.8. The van der Waals surface area contributed by atoms with Crippen LogP contribution < -0.4 is 0 Å². The van der Waals surface area contributed by atoms with Crippen molar-refractivity contribution >= 4 is 74.4 Å². The molecule has 0 fully saturated rings. The predicted octanol–water partition coefficient (Wildman–Crippen LogP) is 6.21. The van der Waals surface area contributed by atoms with Crippen LogP contribution in [0.2, 0.25) is 10.0 Å². The summed E-state index contributed by atoms with van der Waals surface area (Å²) in [4.78, 5) is 27.6. The minimum atomic E-state index is -0.519. The molecule has 7 heteroatoms. The number of aromatic nitrogens is 1. The van der Waals surface area contributed by atoms with Crippen LogP contribution >= 0.6 is 46.4 Å². The standard InChI is InChI=1S/C19H13Cl4NO2/c1-8(2)3-4-9-11(20)5-12(21)15-10(7-24-18(9)15)16-17(23)14(25)6-13(22)19(16)26/h3,5-7,24H,4H2,1-2H3. The van der Waals surface area contributed by atoms with E-state index >= 15 is 0 Å². The quantitative estimate of drug-likeness (QED) is 0.466. The van der Waals surface area contributed by atoms with E-state index in [2.05, 4.69) is 4.98 Å². The molecule has 0 radical (unpaired) electrons. The van der Waals surface area contributed by atoms with E-state index in [9.17, 15) is 9.59 Å². The summed E-state index contributed by atoms with van der Waals surface area (Å²) in [5.41, 5.74) is 3.14. The zero-order valence-electron chi connectivity index (χ0n) is 13.8. The lowest BCUT2D eigenvalue weighted by atomic mass is 9.94. The fourth-order valence-electron chi connectivity index (χ4n) is 2.83. The van der Waals surface area contributed by atoms with Gasteiger partial charge in [-0.05, 0) is 31.9 Å². The lowest BCUT2D eigenvalue weighted by molar-refractivity contribution is -0.113. The first-order valence-electron chi connectivity index (χ1n) is 7.70. The van der Waals surface area contributed by atoms with E-state index in [1.807, 2.05) is 19.9 Å². The molecule has 2 aromatic rings. The number of H-pyrrole nitrogens is 1. The fourth-order valence-corrected chi connectivity index (χ4v) is 3.91. The maximum Gasteiger partial charge on any atom is 0.206 e. The maximum absolute atomic E-state index is 12.5. The highest BCUT2D eigenvalue weighted by molar-refractivity contribution is 6.62. The van der Waals surface area contributed by atoms with Crippen molar-refractivity contribution in [3.05, 3.63) is 61.2 Å². The summed E-state index contributed by atoms with van der Waals surface area (Å²) in [5.74, 6) is -1.04. The highest BCUT2D eigenvalue weighted by Crippen LogP contribution is 2.41. The van der Waals surface area contributed by atoms with Gasteiger partial charge in [-0.15, -0.1) is 0 Å². The second-order valence-electron chi connectivity index (χ2n) is 6.13. The van der Waals surface area contributed by atoms with Gasteiger partial charge in [-0.25, -0.2) is 0 Å². The molecule has 0 unspecified atom stereocenters. The van der Waals surface area contributed by atoms with Gasteiger partial charge in [0.1, 0.15) is 0 Å². The Morgan fingerprint density at radius 3 is 2.46 bits per heavy atom. The molecule has 1 aliphatic rings. The van der Waals surface area contributed by atoms with Gasteiger partial charge >= 0.3 is 0 Å². The Morgan fingerprint density at radius 1 is 1.12 bits per heavy atom. The summed E-state index contributed by atoms with van der Waals surface area (Å²) in [5, 5.41) is 1.08. The number of allylic oxidation sites excluding steroid dienone is 6. The third kappa shape index (κ3) is 3.25. The minimum Gasteiger partial charge on any atom is -0.360 e. The molecule has 0 aliphatic heterocycles. The Hall–Kier alpha value is -1.52. The number of nitrogens with one attached hydrogen (secondary N) is 1. The molecule has 26 heavy (non-hydrogen) atoms. The second kappa shape index (κ2) is 7.24. The van der Waals surface area contributed by atoms with E-state index < -0.39 is 11.6 Å². The van der Waals surface area contributed by atoms with Crippen LogP contribution in [0.4, 0.5) is 0 Å². The molecule has 1 aromatic carbocycles. The molecule has 1 aromatic heterocycles. The zero-order chi connectivity index (χ0) is 19.2. The molecule has 134 valence electrons. The molecule has 0 amide bonds. The first kappa shape index (κ1) is 19.2. The molecular formula is C19H13Cl4NO2. The van der Waals surface area contributed by atoms with E-state index in [-0.39, 0.29) is 15.6 Å². The van der Waals surface area contributed by atoms with Crippen molar-refractivity contribution < 1.29 is 9.59 Å². The van der Waals surface area contributed by atoms with Crippen molar-refractivity contribution in [1.82, 2.24) is 4.98 Å². The molecule has 1 N–H and O–H groups in total. The number of hydrogen-bond acceptors (Lipinski definition) is 2. The summed E-state index contributed by atoms with van der Waals surface area (Å²) in [7, 11) is 0. The predicted molar refractivity (Wildman–Crippen MR) is 108 cm³/mol. The van der Waals surface area contributed by atoms with E-state index in [0.717, 1.165) is 17.2 Å². The van der Waals surface area contributed by atoms with Gasteiger partial charge < -0.3 is 4.98 Å². The molecule has 1 heterocycles. The number of benzene rings is 1. The molecule has 0 bridgehead atoms. The van der Waals surface area contributed by atoms with Gasteiger partial charge in [0.2, 0.25) is 5.78 Å². The SMILES string of the molecule is CC(C)=CCc1c(Cl)cc(Cl)c2c(C3=C(Cl)C(=O)C=C(Cl)C3=O)c[nH]c12. The van der Waals surface area contributed by atoms with Crippen LogP contribution in [0.5, 0.6) is 0 Å². The van der Waals surface area contributed by atoms with Gasteiger partial charge in [0, 0.05) is 28.2 Å². The molecule has 3 rings (SSSR count). The molecule has 1 aliphatic carbocycles. The Kier molecular flexibility index (Phi) is 5.36. The lowest BCUT2D eigenvalue weighted by Gasteiger charge is -2.13. The highest BCUT2D eigenvalue weighted by Gasteiger charge is 2.30. The van der Waals surface area contributed by atoms with Crippen LogP contribution in [0.15, 0.2) is 40.1 Å². The lowest BCUT2D eigenvalue weighted by Crippen LogP contribution is -2.13. The molecule has 0 spiro atoms. The number of rotatable bonds is 3. The zero-order valence-corrected chi connectivity index (χ0v) is 16.9. The highest BCUT2D eigenvalue weighted by atomic mass is 35.5. The molecule has 0 saturated heterocycles. The third-order valence-corrected chi connectivity index (χ3v) is 5.38. The number of carbonyl (C=O) groups excluding carboxylic acids is 2. The summed E-state index contributed by atoms with van der Waals surface area (Å²) < 4.78 is 0. The largest absolute Gasteiger partial charge is 0.360 e. The van der Waals surface area contributed by atoms with Crippen LogP contribution in [0, 0.1) is 0 Å². The van der Waals surface area contributed by atoms with Crippen molar-refractivity contribution in [3.8, 4) is 0 Å². The average Bonchev–Trinajstić information content (AvgIpc) is 2.98. The van der Waals surface area contributed by atoms with Gasteiger partial charge in [-0.2, -0.15) is 0 Å². The van der Waals surface area contributed by atoms with E-state index in [1.54, 1.807) is 12.3 Å². The van der Waals surface area contributed by atoms with Crippen molar-refractivity contribution in [2.75, 3.05) is 0 Å². The van der Waals surface area contributed by atoms with Gasteiger partial charge in [-0.3, -0.25) is 9.59 Å². The number of hydrogen-bond donors (Lipinski definition) is 1. The van der Waals surface area contributed by atoms with Crippen molar-refractivity contribution in [3.63, 3.8) is 0 Å². The minimum absolute atomic E-state index is 0.0350. The topological polar surface area (TPSA) is 49.9 Å². The number of halogens is 4. The average molecular weight is 429 g/mol. The maximum atomic E-state index is 12.5. The molecule has 0 atom stereocenters. The van der Waals surface area contributed by atoms with Crippen molar-refractivity contribution in [2.24, 2.45) is 0 Å². The Morgan fingerprint density at radius 2 is 1.81 bits per heavy atom. The second-order valence-corrected chi connectivity index (χ2v) is 7.73. The Balaban J connectivity index is 2.29. The van der Waals surface area contributed by atoms with Crippen LogP contribution in [0.1, 0.15) is 25.0 Å². The van der Waals surface area contributed by atoms with Crippen molar-refractivity contribution in [1.29, 1.82) is 0 Å². The first-order valence-corrected chi connectivity index (χ1v) is 9.21.